The first kappa shape index (κ1) is 11.5. The largest absolute Gasteiger partial charge is 0.396 e. The highest BCUT2D eigenvalue weighted by Crippen LogP contribution is 2.28. The Morgan fingerprint density at radius 3 is 2.57 bits per heavy atom. The van der Waals surface area contributed by atoms with E-state index in [0.717, 1.165) is 10.6 Å². The highest BCUT2D eigenvalue weighted by molar-refractivity contribution is 6.31. The van der Waals surface area contributed by atoms with E-state index in [2.05, 4.69) is 0 Å². The molecular formula is C11H16ClNO. The summed E-state index contributed by atoms with van der Waals surface area (Å²) in [4.78, 5) is 0. The SMILES string of the molecule is CC(N)C(CCO)c1ccccc1Cl. The molecule has 0 saturated carbocycles. The van der Waals surface area contributed by atoms with Crippen LogP contribution in [0.15, 0.2) is 24.3 Å². The van der Waals surface area contributed by atoms with Crippen molar-refractivity contribution in [1.82, 2.24) is 0 Å². The van der Waals surface area contributed by atoms with Gasteiger partial charge in [0.2, 0.25) is 0 Å². The van der Waals surface area contributed by atoms with Crippen LogP contribution in [0.25, 0.3) is 0 Å². The molecule has 14 heavy (non-hydrogen) atoms. The van der Waals surface area contributed by atoms with E-state index in [1.54, 1.807) is 0 Å². The lowest BCUT2D eigenvalue weighted by Crippen LogP contribution is -2.25. The molecule has 2 unspecified atom stereocenters. The molecule has 0 aromatic heterocycles. The Morgan fingerprint density at radius 1 is 1.43 bits per heavy atom. The highest BCUT2D eigenvalue weighted by Gasteiger charge is 2.17. The number of hydrogen-bond acceptors (Lipinski definition) is 2. The van der Waals surface area contributed by atoms with Crippen molar-refractivity contribution in [3.05, 3.63) is 34.9 Å². The molecule has 0 radical (unpaired) electrons. The van der Waals surface area contributed by atoms with E-state index in [0.29, 0.717) is 6.42 Å². The highest BCUT2D eigenvalue weighted by atomic mass is 35.5. The van der Waals surface area contributed by atoms with Crippen LogP contribution < -0.4 is 5.73 Å². The zero-order chi connectivity index (χ0) is 10.6. The summed E-state index contributed by atoms with van der Waals surface area (Å²) in [6.07, 6.45) is 0.654. The first-order chi connectivity index (χ1) is 6.66. The number of aliphatic hydroxyl groups excluding tert-OH is 1. The first-order valence-electron chi connectivity index (χ1n) is 4.77. The van der Waals surface area contributed by atoms with Crippen LogP contribution in [-0.2, 0) is 0 Å². The van der Waals surface area contributed by atoms with Crippen molar-refractivity contribution in [1.29, 1.82) is 0 Å². The molecule has 0 saturated heterocycles. The van der Waals surface area contributed by atoms with E-state index in [1.165, 1.54) is 0 Å². The fraction of sp³-hybridized carbons (Fsp3) is 0.455. The number of halogens is 1. The van der Waals surface area contributed by atoms with Gasteiger partial charge in [0.05, 0.1) is 0 Å². The van der Waals surface area contributed by atoms with Gasteiger partial charge in [-0.1, -0.05) is 29.8 Å². The van der Waals surface area contributed by atoms with Gasteiger partial charge in [0.1, 0.15) is 0 Å². The lowest BCUT2D eigenvalue weighted by molar-refractivity contribution is 0.269. The molecule has 0 spiro atoms. The fourth-order valence-corrected chi connectivity index (χ4v) is 1.89. The maximum absolute atomic E-state index is 8.94. The third kappa shape index (κ3) is 2.71. The third-order valence-corrected chi connectivity index (χ3v) is 2.72. The topological polar surface area (TPSA) is 46.2 Å². The molecule has 1 aromatic carbocycles. The molecule has 0 aliphatic heterocycles. The molecule has 0 amide bonds. The van der Waals surface area contributed by atoms with Gasteiger partial charge in [-0.25, -0.2) is 0 Å². The van der Waals surface area contributed by atoms with Crippen LogP contribution in [0.4, 0.5) is 0 Å². The molecule has 3 N–H and O–H groups in total. The van der Waals surface area contributed by atoms with Gasteiger partial charge in [-0.05, 0) is 25.0 Å². The molecule has 0 bridgehead atoms. The minimum absolute atomic E-state index is 0.00190. The minimum Gasteiger partial charge on any atom is -0.396 e. The number of aliphatic hydroxyl groups is 1. The summed E-state index contributed by atoms with van der Waals surface area (Å²) in [5, 5.41) is 9.66. The van der Waals surface area contributed by atoms with E-state index in [4.69, 9.17) is 22.4 Å². The number of nitrogens with two attached hydrogens (primary N) is 1. The number of benzene rings is 1. The van der Waals surface area contributed by atoms with Crippen molar-refractivity contribution < 1.29 is 5.11 Å². The monoisotopic (exact) mass is 213 g/mol. The third-order valence-electron chi connectivity index (χ3n) is 2.38. The van der Waals surface area contributed by atoms with Gasteiger partial charge in [-0.2, -0.15) is 0 Å². The van der Waals surface area contributed by atoms with E-state index in [9.17, 15) is 0 Å². The molecule has 1 rings (SSSR count). The molecule has 2 nitrogen and oxygen atoms in total. The molecule has 0 heterocycles. The lowest BCUT2D eigenvalue weighted by atomic mass is 9.90. The molecule has 3 heteroatoms. The van der Waals surface area contributed by atoms with E-state index in [1.807, 2.05) is 31.2 Å². The Kier molecular flexibility index (Phi) is 4.39. The minimum atomic E-state index is 0.00190. The molecular weight excluding hydrogens is 198 g/mol. The van der Waals surface area contributed by atoms with Crippen molar-refractivity contribution in [3.8, 4) is 0 Å². The van der Waals surface area contributed by atoms with E-state index in [-0.39, 0.29) is 18.6 Å². The summed E-state index contributed by atoms with van der Waals surface area (Å²) >= 11 is 6.06. The Bertz CT molecular complexity index is 288. The second-order valence-electron chi connectivity index (χ2n) is 3.50. The van der Waals surface area contributed by atoms with Crippen LogP contribution in [-0.4, -0.2) is 17.8 Å². The van der Waals surface area contributed by atoms with Gasteiger partial charge < -0.3 is 10.8 Å². The van der Waals surface area contributed by atoms with Gasteiger partial charge in [0, 0.05) is 23.6 Å². The van der Waals surface area contributed by atoms with Crippen LogP contribution in [0.2, 0.25) is 5.02 Å². The number of rotatable bonds is 4. The first-order valence-corrected chi connectivity index (χ1v) is 5.15. The maximum Gasteiger partial charge on any atom is 0.0441 e. The van der Waals surface area contributed by atoms with E-state index < -0.39 is 0 Å². The summed E-state index contributed by atoms with van der Waals surface area (Å²) in [5.41, 5.74) is 6.88. The Balaban J connectivity index is 2.93. The average Bonchev–Trinajstić information content (AvgIpc) is 2.15. The van der Waals surface area contributed by atoms with Crippen molar-refractivity contribution in [2.45, 2.75) is 25.3 Å². The molecule has 0 aliphatic rings. The summed E-state index contributed by atoms with van der Waals surface area (Å²) < 4.78 is 0. The van der Waals surface area contributed by atoms with Gasteiger partial charge in [0.15, 0.2) is 0 Å². The second-order valence-corrected chi connectivity index (χ2v) is 3.91. The Hall–Kier alpha value is -0.570. The summed E-state index contributed by atoms with van der Waals surface area (Å²) in [7, 11) is 0. The molecule has 0 fully saturated rings. The van der Waals surface area contributed by atoms with Crippen LogP contribution in [0.1, 0.15) is 24.8 Å². The zero-order valence-electron chi connectivity index (χ0n) is 8.28. The molecule has 78 valence electrons. The standard InChI is InChI=1S/C11H16ClNO/c1-8(13)9(6-7-14)10-4-2-3-5-11(10)12/h2-5,8-9,14H,6-7,13H2,1H3. The zero-order valence-corrected chi connectivity index (χ0v) is 9.04. The normalized spacial score (nSPS) is 15.1. The van der Waals surface area contributed by atoms with Crippen LogP contribution in [0.3, 0.4) is 0 Å². The molecule has 0 aliphatic carbocycles. The fourth-order valence-electron chi connectivity index (χ4n) is 1.62. The van der Waals surface area contributed by atoms with Gasteiger partial charge >= 0.3 is 0 Å². The van der Waals surface area contributed by atoms with Gasteiger partial charge in [-0.15, -0.1) is 0 Å². The number of hydrogen-bond donors (Lipinski definition) is 2. The Morgan fingerprint density at radius 2 is 2.07 bits per heavy atom. The van der Waals surface area contributed by atoms with Crippen molar-refractivity contribution in [2.24, 2.45) is 5.73 Å². The van der Waals surface area contributed by atoms with Gasteiger partial charge in [-0.3, -0.25) is 0 Å². The molecule has 1 aromatic rings. The maximum atomic E-state index is 8.94. The lowest BCUT2D eigenvalue weighted by Gasteiger charge is -2.21. The summed E-state index contributed by atoms with van der Waals surface area (Å²) in [6, 6.07) is 7.65. The van der Waals surface area contributed by atoms with Crippen molar-refractivity contribution in [2.75, 3.05) is 6.61 Å². The Labute approximate surface area is 89.7 Å². The van der Waals surface area contributed by atoms with Gasteiger partial charge in [0.25, 0.3) is 0 Å². The molecule has 2 atom stereocenters. The summed E-state index contributed by atoms with van der Waals surface area (Å²) in [6.45, 7) is 2.07. The van der Waals surface area contributed by atoms with Crippen LogP contribution in [0, 0.1) is 0 Å². The smallest absolute Gasteiger partial charge is 0.0441 e. The summed E-state index contributed by atoms with van der Waals surface area (Å²) in [5.74, 6) is 0.133. The average molecular weight is 214 g/mol. The quantitative estimate of drug-likeness (QED) is 0.805. The second kappa shape index (κ2) is 5.35. The van der Waals surface area contributed by atoms with Crippen molar-refractivity contribution in [3.63, 3.8) is 0 Å². The predicted molar refractivity (Wildman–Crippen MR) is 59.5 cm³/mol. The van der Waals surface area contributed by atoms with Crippen LogP contribution in [0.5, 0.6) is 0 Å². The van der Waals surface area contributed by atoms with E-state index >= 15 is 0 Å². The predicted octanol–water partition coefficient (Wildman–Crippen LogP) is 2.15. The van der Waals surface area contributed by atoms with Crippen molar-refractivity contribution >= 4 is 11.6 Å². The van der Waals surface area contributed by atoms with Crippen LogP contribution >= 0.6 is 11.6 Å².